The Morgan fingerprint density at radius 2 is 2.24 bits per heavy atom. The Kier molecular flexibility index (Phi) is 2.95. The van der Waals surface area contributed by atoms with Gasteiger partial charge >= 0.3 is 0 Å². The lowest BCUT2D eigenvalue weighted by molar-refractivity contribution is 0.494. The van der Waals surface area contributed by atoms with E-state index in [1.54, 1.807) is 23.0 Å². The highest BCUT2D eigenvalue weighted by Gasteiger charge is 2.09. The van der Waals surface area contributed by atoms with Crippen LogP contribution in [0.15, 0.2) is 29.5 Å². The topological polar surface area (TPSA) is 78.7 Å². The number of rotatable bonds is 3. The van der Waals surface area contributed by atoms with Gasteiger partial charge in [-0.1, -0.05) is 0 Å². The average Bonchev–Trinajstić information content (AvgIpc) is 2.73. The maximum Gasteiger partial charge on any atom is 0.274 e. The second-order valence-electron chi connectivity index (χ2n) is 4.11. The van der Waals surface area contributed by atoms with Crippen LogP contribution in [-0.4, -0.2) is 19.3 Å². The number of nitrogens with zero attached hydrogens (tertiary/aromatic N) is 4. The lowest BCUT2D eigenvalue weighted by Gasteiger charge is -2.10. The van der Waals surface area contributed by atoms with Crippen molar-refractivity contribution in [1.29, 1.82) is 0 Å². The molecule has 0 atom stereocenters. The Hall–Kier alpha value is -2.11. The van der Waals surface area contributed by atoms with Crippen LogP contribution in [0.5, 0.6) is 0 Å². The summed E-state index contributed by atoms with van der Waals surface area (Å²) >= 11 is 0. The zero-order valence-electron chi connectivity index (χ0n) is 9.87. The predicted octanol–water partition coefficient (Wildman–Crippen LogP) is 0.651. The van der Waals surface area contributed by atoms with Crippen LogP contribution in [0.25, 0.3) is 0 Å². The van der Waals surface area contributed by atoms with Gasteiger partial charge in [-0.15, -0.1) is 0 Å². The zero-order chi connectivity index (χ0) is 12.4. The normalized spacial score (nSPS) is 11.0. The van der Waals surface area contributed by atoms with E-state index < -0.39 is 0 Å². The molecule has 0 aliphatic rings. The molecule has 90 valence electrons. The van der Waals surface area contributed by atoms with Crippen molar-refractivity contribution in [2.45, 2.75) is 26.4 Å². The average molecular weight is 233 g/mol. The second kappa shape index (κ2) is 4.40. The van der Waals surface area contributed by atoms with Crippen LogP contribution < -0.4 is 11.3 Å². The maximum atomic E-state index is 11.8. The van der Waals surface area contributed by atoms with E-state index in [2.05, 4.69) is 10.1 Å². The maximum absolute atomic E-state index is 11.8. The van der Waals surface area contributed by atoms with Gasteiger partial charge in [-0.25, -0.2) is 9.67 Å². The molecule has 0 fully saturated rings. The lowest BCUT2D eigenvalue weighted by Crippen LogP contribution is -2.24. The smallest absolute Gasteiger partial charge is 0.274 e. The number of pyridine rings is 1. The Morgan fingerprint density at radius 1 is 1.47 bits per heavy atom. The first kappa shape index (κ1) is 11.4. The minimum absolute atomic E-state index is 0.203. The molecule has 17 heavy (non-hydrogen) atoms. The monoisotopic (exact) mass is 233 g/mol. The van der Waals surface area contributed by atoms with Gasteiger partial charge in [0.1, 0.15) is 12.2 Å². The van der Waals surface area contributed by atoms with Crippen LogP contribution in [0.1, 0.15) is 25.7 Å². The van der Waals surface area contributed by atoms with E-state index in [0.717, 1.165) is 5.82 Å². The highest BCUT2D eigenvalue weighted by molar-refractivity contribution is 5.33. The number of aromatic nitrogens is 4. The molecule has 6 nitrogen and oxygen atoms in total. The SMILES string of the molecule is CC(C)n1ncnc1Cn1cccc(N)c1=O. The molecule has 0 bridgehead atoms. The molecule has 0 aliphatic carbocycles. The van der Waals surface area contributed by atoms with Crippen molar-refractivity contribution in [3.8, 4) is 0 Å². The standard InChI is InChI=1S/C11H15N5O/c1-8(2)16-10(13-7-14-16)6-15-5-3-4-9(12)11(15)17/h3-5,7-8H,6,12H2,1-2H3. The zero-order valence-corrected chi connectivity index (χ0v) is 9.87. The fourth-order valence-corrected chi connectivity index (χ4v) is 1.65. The van der Waals surface area contributed by atoms with Crippen molar-refractivity contribution >= 4 is 5.69 Å². The summed E-state index contributed by atoms with van der Waals surface area (Å²) in [6.07, 6.45) is 3.19. The molecule has 0 radical (unpaired) electrons. The Morgan fingerprint density at radius 3 is 2.94 bits per heavy atom. The number of hydrogen-bond donors (Lipinski definition) is 1. The van der Waals surface area contributed by atoms with E-state index in [1.165, 1.54) is 10.9 Å². The third-order valence-corrected chi connectivity index (χ3v) is 2.50. The molecule has 0 unspecified atom stereocenters. The molecule has 2 aromatic rings. The van der Waals surface area contributed by atoms with Gasteiger partial charge in [0.15, 0.2) is 0 Å². The first-order valence-corrected chi connectivity index (χ1v) is 5.43. The molecule has 0 aromatic carbocycles. The summed E-state index contributed by atoms with van der Waals surface area (Å²) in [5.41, 5.74) is 5.61. The van der Waals surface area contributed by atoms with Crippen LogP contribution in [0.2, 0.25) is 0 Å². The summed E-state index contributed by atoms with van der Waals surface area (Å²) < 4.78 is 3.31. The molecule has 2 aromatic heterocycles. The van der Waals surface area contributed by atoms with E-state index in [-0.39, 0.29) is 17.3 Å². The summed E-state index contributed by atoms with van der Waals surface area (Å²) in [4.78, 5) is 15.9. The molecule has 2 N–H and O–H groups in total. The number of anilines is 1. The van der Waals surface area contributed by atoms with Crippen LogP contribution in [0, 0.1) is 0 Å². The van der Waals surface area contributed by atoms with Crippen molar-refractivity contribution < 1.29 is 0 Å². The predicted molar refractivity (Wildman–Crippen MR) is 64.6 cm³/mol. The Bertz CT molecular complexity index is 569. The molecule has 0 amide bonds. The van der Waals surface area contributed by atoms with Gasteiger partial charge in [0.2, 0.25) is 0 Å². The largest absolute Gasteiger partial charge is 0.394 e. The molecule has 0 saturated heterocycles. The summed E-state index contributed by atoms with van der Waals surface area (Å²) in [6, 6.07) is 3.54. The highest BCUT2D eigenvalue weighted by atomic mass is 16.1. The summed E-state index contributed by atoms with van der Waals surface area (Å²) in [5, 5.41) is 4.12. The molecular weight excluding hydrogens is 218 g/mol. The van der Waals surface area contributed by atoms with Gasteiger partial charge in [0, 0.05) is 12.2 Å². The highest BCUT2D eigenvalue weighted by Crippen LogP contribution is 2.06. The molecule has 6 heteroatoms. The Labute approximate surface area is 98.7 Å². The molecule has 2 rings (SSSR count). The van der Waals surface area contributed by atoms with Crippen LogP contribution >= 0.6 is 0 Å². The van der Waals surface area contributed by atoms with Gasteiger partial charge in [0.05, 0.1) is 12.2 Å². The molecular formula is C11H15N5O. The van der Waals surface area contributed by atoms with Crippen molar-refractivity contribution in [2.75, 3.05) is 5.73 Å². The van der Waals surface area contributed by atoms with E-state index in [9.17, 15) is 4.79 Å². The Balaban J connectivity index is 2.35. The van der Waals surface area contributed by atoms with Crippen molar-refractivity contribution in [3.05, 3.63) is 40.8 Å². The molecule has 2 heterocycles. The summed E-state index contributed by atoms with van der Waals surface area (Å²) in [7, 11) is 0. The van der Waals surface area contributed by atoms with Gasteiger partial charge in [-0.2, -0.15) is 5.10 Å². The minimum Gasteiger partial charge on any atom is -0.394 e. The first-order chi connectivity index (χ1) is 8.09. The minimum atomic E-state index is -0.203. The third kappa shape index (κ3) is 2.20. The molecule has 0 aliphatic heterocycles. The molecule has 0 saturated carbocycles. The van der Waals surface area contributed by atoms with Crippen LogP contribution in [0.3, 0.4) is 0 Å². The number of nitrogens with two attached hydrogens (primary N) is 1. The first-order valence-electron chi connectivity index (χ1n) is 5.43. The third-order valence-electron chi connectivity index (χ3n) is 2.50. The van der Waals surface area contributed by atoms with Gasteiger partial charge < -0.3 is 10.3 Å². The van der Waals surface area contributed by atoms with Crippen molar-refractivity contribution in [3.63, 3.8) is 0 Å². The van der Waals surface area contributed by atoms with Gasteiger partial charge in [-0.05, 0) is 26.0 Å². The number of hydrogen-bond acceptors (Lipinski definition) is 4. The van der Waals surface area contributed by atoms with Gasteiger partial charge in [0.25, 0.3) is 5.56 Å². The molecule has 0 spiro atoms. The van der Waals surface area contributed by atoms with Crippen molar-refractivity contribution in [1.82, 2.24) is 19.3 Å². The van der Waals surface area contributed by atoms with E-state index >= 15 is 0 Å². The van der Waals surface area contributed by atoms with Crippen LogP contribution in [0.4, 0.5) is 5.69 Å². The summed E-state index contributed by atoms with van der Waals surface area (Å²) in [6.45, 7) is 4.41. The number of nitrogen functional groups attached to an aromatic ring is 1. The quantitative estimate of drug-likeness (QED) is 0.844. The van der Waals surface area contributed by atoms with E-state index in [0.29, 0.717) is 6.54 Å². The van der Waals surface area contributed by atoms with E-state index in [1.807, 2.05) is 13.8 Å². The van der Waals surface area contributed by atoms with Crippen molar-refractivity contribution in [2.24, 2.45) is 0 Å². The van der Waals surface area contributed by atoms with E-state index in [4.69, 9.17) is 5.73 Å². The fourth-order valence-electron chi connectivity index (χ4n) is 1.65. The summed E-state index contributed by atoms with van der Waals surface area (Å²) in [5.74, 6) is 0.743. The lowest BCUT2D eigenvalue weighted by atomic mass is 10.4. The second-order valence-corrected chi connectivity index (χ2v) is 4.11. The van der Waals surface area contributed by atoms with Crippen LogP contribution in [-0.2, 0) is 6.54 Å². The van der Waals surface area contributed by atoms with Gasteiger partial charge in [-0.3, -0.25) is 4.79 Å². The fraction of sp³-hybridized carbons (Fsp3) is 0.364.